The molecule has 2 aromatic carbocycles. The van der Waals surface area contributed by atoms with E-state index < -0.39 is 23.8 Å². The SMILES string of the molecule is COc1ccccc1-c1nc(CNC(=O)c2nc(-c3ccc(OC)c4nc(C(F)(F)F)ccc34)oc2[C@H](C)N)no1. The van der Waals surface area contributed by atoms with Crippen LogP contribution >= 0.6 is 0 Å². The maximum atomic E-state index is 13.3. The number of halogens is 3. The first kappa shape index (κ1) is 27.6. The average Bonchev–Trinajstić information content (AvgIpc) is 3.62. The third-order valence-corrected chi connectivity index (χ3v) is 6.06. The van der Waals surface area contributed by atoms with Crippen molar-refractivity contribution in [2.24, 2.45) is 5.73 Å². The lowest BCUT2D eigenvalue weighted by Crippen LogP contribution is -2.25. The minimum absolute atomic E-state index is 0.0327. The van der Waals surface area contributed by atoms with Crippen molar-refractivity contribution < 1.29 is 36.4 Å². The molecule has 1 amide bonds. The number of benzene rings is 2. The van der Waals surface area contributed by atoms with Gasteiger partial charge in [0.2, 0.25) is 5.89 Å². The van der Waals surface area contributed by atoms with Crippen molar-refractivity contribution >= 4 is 16.8 Å². The molecule has 3 N–H and O–H groups in total. The lowest BCUT2D eigenvalue weighted by molar-refractivity contribution is -0.140. The van der Waals surface area contributed by atoms with E-state index in [9.17, 15) is 18.0 Å². The molecule has 1 atom stereocenters. The Kier molecular flexibility index (Phi) is 7.32. The Labute approximate surface area is 230 Å². The summed E-state index contributed by atoms with van der Waals surface area (Å²) in [5.74, 6) is 0.474. The van der Waals surface area contributed by atoms with E-state index in [2.05, 4.69) is 25.4 Å². The number of amides is 1. The second-order valence-electron chi connectivity index (χ2n) is 8.83. The Morgan fingerprint density at radius 1 is 0.976 bits per heavy atom. The van der Waals surface area contributed by atoms with E-state index in [1.165, 1.54) is 26.4 Å². The normalized spacial score (nSPS) is 12.4. The minimum atomic E-state index is -4.65. The van der Waals surface area contributed by atoms with E-state index in [1.54, 1.807) is 37.3 Å². The molecule has 14 heteroatoms. The van der Waals surface area contributed by atoms with Gasteiger partial charge in [-0.1, -0.05) is 17.3 Å². The van der Waals surface area contributed by atoms with Crippen LogP contribution in [0.1, 0.15) is 40.7 Å². The second kappa shape index (κ2) is 10.9. The average molecular weight is 569 g/mol. The fraction of sp³-hybridized carbons (Fsp3) is 0.222. The molecular weight excluding hydrogens is 545 g/mol. The maximum absolute atomic E-state index is 13.3. The van der Waals surface area contributed by atoms with Crippen LogP contribution < -0.4 is 20.5 Å². The highest BCUT2D eigenvalue weighted by Gasteiger charge is 2.33. The van der Waals surface area contributed by atoms with E-state index in [1.807, 2.05) is 0 Å². The summed E-state index contributed by atoms with van der Waals surface area (Å²) in [5, 5.41) is 6.83. The molecule has 3 aromatic heterocycles. The van der Waals surface area contributed by atoms with Gasteiger partial charge < -0.3 is 29.5 Å². The number of hydrogen-bond donors (Lipinski definition) is 2. The van der Waals surface area contributed by atoms with Gasteiger partial charge in [-0.2, -0.15) is 18.2 Å². The summed E-state index contributed by atoms with van der Waals surface area (Å²) >= 11 is 0. The quantitative estimate of drug-likeness (QED) is 0.264. The van der Waals surface area contributed by atoms with Crippen molar-refractivity contribution in [2.75, 3.05) is 14.2 Å². The number of fused-ring (bicyclic) bond motifs is 1. The third kappa shape index (κ3) is 5.41. The van der Waals surface area contributed by atoms with Gasteiger partial charge >= 0.3 is 6.18 Å². The number of ether oxygens (including phenoxy) is 2. The van der Waals surface area contributed by atoms with Crippen molar-refractivity contribution in [3.63, 3.8) is 0 Å². The molecule has 212 valence electrons. The number of alkyl halides is 3. The number of pyridine rings is 1. The Morgan fingerprint density at radius 3 is 2.44 bits per heavy atom. The highest BCUT2D eigenvalue weighted by molar-refractivity contribution is 5.98. The molecule has 5 aromatic rings. The Morgan fingerprint density at radius 2 is 1.73 bits per heavy atom. The van der Waals surface area contributed by atoms with Crippen LogP contribution in [0, 0.1) is 0 Å². The van der Waals surface area contributed by atoms with Gasteiger partial charge in [0.1, 0.15) is 22.7 Å². The van der Waals surface area contributed by atoms with Crippen molar-refractivity contribution in [3.05, 3.63) is 71.5 Å². The third-order valence-electron chi connectivity index (χ3n) is 6.06. The fourth-order valence-corrected chi connectivity index (χ4v) is 4.12. The van der Waals surface area contributed by atoms with Gasteiger partial charge in [0.15, 0.2) is 17.3 Å². The highest BCUT2D eigenvalue weighted by atomic mass is 19.4. The topological polar surface area (TPSA) is 151 Å². The Hall–Kier alpha value is -4.98. The summed E-state index contributed by atoms with van der Waals surface area (Å²) in [6.45, 7) is 1.50. The molecule has 11 nitrogen and oxygen atoms in total. The molecule has 0 aliphatic rings. The smallest absolute Gasteiger partial charge is 0.433 e. The van der Waals surface area contributed by atoms with Gasteiger partial charge in [-0.3, -0.25) is 4.79 Å². The number of para-hydroxylation sites is 1. The molecule has 5 rings (SSSR count). The zero-order valence-electron chi connectivity index (χ0n) is 21.9. The standard InChI is InChI=1S/C27H23F3N6O5/c1-13(31)23-22(24(37)32-12-20-34-26(41-36-20)16-6-4-5-7-17(16)38-2)35-25(40-23)15-8-10-18(39-3)21-14(15)9-11-19(33-21)27(28,29)30/h4-11,13H,12,31H2,1-3H3,(H,32,37)/t13-/m0/s1. The fourth-order valence-electron chi connectivity index (χ4n) is 4.12. The summed E-state index contributed by atoms with van der Waals surface area (Å²) in [5.41, 5.74) is 5.70. The molecule has 0 spiro atoms. The molecule has 0 bridgehead atoms. The first-order valence-corrected chi connectivity index (χ1v) is 12.2. The van der Waals surface area contributed by atoms with E-state index in [4.69, 9.17) is 24.1 Å². The highest BCUT2D eigenvalue weighted by Crippen LogP contribution is 2.37. The van der Waals surface area contributed by atoms with Crippen LogP contribution in [0.2, 0.25) is 0 Å². The lowest BCUT2D eigenvalue weighted by atomic mass is 10.1. The molecule has 0 radical (unpaired) electrons. The zero-order valence-corrected chi connectivity index (χ0v) is 21.9. The number of carbonyl (C=O) groups is 1. The number of carbonyl (C=O) groups excluding carboxylic acids is 1. The zero-order chi connectivity index (χ0) is 29.3. The van der Waals surface area contributed by atoms with Gasteiger partial charge in [-0.25, -0.2) is 9.97 Å². The Balaban J connectivity index is 1.44. The molecule has 0 aliphatic carbocycles. The van der Waals surface area contributed by atoms with Gasteiger partial charge in [-0.15, -0.1) is 0 Å². The Bertz CT molecular complexity index is 1730. The summed E-state index contributed by atoms with van der Waals surface area (Å²) in [6.07, 6.45) is -4.65. The van der Waals surface area contributed by atoms with Gasteiger partial charge in [-0.05, 0) is 43.3 Å². The molecule has 0 unspecified atom stereocenters. The number of aromatic nitrogens is 4. The monoisotopic (exact) mass is 568 g/mol. The summed E-state index contributed by atoms with van der Waals surface area (Å²) in [6, 6.07) is 11.4. The molecular formula is C27H23F3N6O5. The van der Waals surface area contributed by atoms with Crippen molar-refractivity contribution in [1.82, 2.24) is 25.4 Å². The van der Waals surface area contributed by atoms with E-state index in [0.29, 0.717) is 16.9 Å². The number of rotatable bonds is 8. The number of oxazole rings is 1. The van der Waals surface area contributed by atoms with Gasteiger partial charge in [0, 0.05) is 10.9 Å². The number of nitrogens with one attached hydrogen (secondary N) is 1. The summed E-state index contributed by atoms with van der Waals surface area (Å²) in [7, 11) is 2.84. The first-order valence-electron chi connectivity index (χ1n) is 12.2. The molecule has 3 heterocycles. The predicted octanol–water partition coefficient (Wildman–Crippen LogP) is 4.93. The van der Waals surface area contributed by atoms with Crippen LogP contribution in [0.15, 0.2) is 57.5 Å². The van der Waals surface area contributed by atoms with E-state index in [-0.39, 0.29) is 52.3 Å². The summed E-state index contributed by atoms with van der Waals surface area (Å²) in [4.78, 5) is 25.5. The summed E-state index contributed by atoms with van der Waals surface area (Å²) < 4.78 is 61.6. The van der Waals surface area contributed by atoms with Crippen LogP contribution in [0.4, 0.5) is 13.2 Å². The van der Waals surface area contributed by atoms with Crippen LogP contribution in [-0.2, 0) is 12.7 Å². The molecule has 0 saturated heterocycles. The number of hydrogen-bond acceptors (Lipinski definition) is 10. The lowest BCUT2D eigenvalue weighted by Gasteiger charge is -2.11. The number of methoxy groups -OCH3 is 2. The number of nitrogens with two attached hydrogens (primary N) is 1. The first-order chi connectivity index (χ1) is 19.6. The van der Waals surface area contributed by atoms with Crippen molar-refractivity contribution in [2.45, 2.75) is 25.7 Å². The van der Waals surface area contributed by atoms with Crippen LogP contribution in [0.5, 0.6) is 11.5 Å². The molecule has 41 heavy (non-hydrogen) atoms. The molecule has 0 aliphatic heterocycles. The van der Waals surface area contributed by atoms with Gasteiger partial charge in [0.25, 0.3) is 11.8 Å². The van der Waals surface area contributed by atoms with Crippen LogP contribution in [0.3, 0.4) is 0 Å². The van der Waals surface area contributed by atoms with Crippen molar-refractivity contribution in [3.8, 4) is 34.4 Å². The predicted molar refractivity (Wildman–Crippen MR) is 139 cm³/mol. The second-order valence-corrected chi connectivity index (χ2v) is 8.83. The molecule has 0 fully saturated rings. The maximum Gasteiger partial charge on any atom is 0.433 e. The minimum Gasteiger partial charge on any atom is -0.496 e. The van der Waals surface area contributed by atoms with Crippen molar-refractivity contribution in [1.29, 1.82) is 0 Å². The van der Waals surface area contributed by atoms with E-state index >= 15 is 0 Å². The van der Waals surface area contributed by atoms with Gasteiger partial charge in [0.05, 0.1) is 32.4 Å². The van der Waals surface area contributed by atoms with Crippen LogP contribution in [0.25, 0.3) is 33.8 Å². The van der Waals surface area contributed by atoms with Crippen LogP contribution in [-0.4, -0.2) is 40.2 Å². The van der Waals surface area contributed by atoms with E-state index in [0.717, 1.165) is 6.07 Å². The largest absolute Gasteiger partial charge is 0.496 e. The number of nitrogens with zero attached hydrogens (tertiary/aromatic N) is 4. The molecule has 0 saturated carbocycles.